The number of aliphatic carboxylic acids is 1. The predicted octanol–water partition coefficient (Wildman–Crippen LogP) is 0.692. The molecule has 0 saturated heterocycles. The molecule has 0 aliphatic heterocycles. The number of carbonyl (C=O) groups is 1. The lowest BCUT2D eigenvalue weighted by molar-refractivity contribution is -0.142. The Morgan fingerprint density at radius 2 is 2.36 bits per heavy atom. The standard InChI is InChI=1S/C8H15NO2/c1-5-4-7(5)6(2-3-9)8(10)11/h5-7H,2-4,9H2,1H3,(H,10,11). The van der Waals surface area contributed by atoms with Crippen molar-refractivity contribution in [1.29, 1.82) is 0 Å². The summed E-state index contributed by atoms with van der Waals surface area (Å²) in [5.74, 6) is 0.137. The highest BCUT2D eigenvalue weighted by molar-refractivity contribution is 5.70. The minimum atomic E-state index is -0.676. The van der Waals surface area contributed by atoms with Gasteiger partial charge in [-0.2, -0.15) is 0 Å². The molecular formula is C8H15NO2. The van der Waals surface area contributed by atoms with Gasteiger partial charge < -0.3 is 10.8 Å². The van der Waals surface area contributed by atoms with Crippen molar-refractivity contribution >= 4 is 5.97 Å². The molecule has 1 aliphatic rings. The quantitative estimate of drug-likeness (QED) is 0.631. The van der Waals surface area contributed by atoms with Gasteiger partial charge in [-0.25, -0.2) is 0 Å². The lowest BCUT2D eigenvalue weighted by Crippen LogP contribution is -2.20. The molecular weight excluding hydrogens is 142 g/mol. The number of rotatable bonds is 4. The van der Waals surface area contributed by atoms with Crippen LogP contribution in [0.1, 0.15) is 19.8 Å². The van der Waals surface area contributed by atoms with Crippen LogP contribution in [0, 0.1) is 17.8 Å². The lowest BCUT2D eigenvalue weighted by atomic mass is 9.99. The molecule has 0 bridgehead atoms. The fourth-order valence-electron chi connectivity index (χ4n) is 1.61. The summed E-state index contributed by atoms with van der Waals surface area (Å²) in [6, 6.07) is 0. The molecule has 3 N–H and O–H groups in total. The Morgan fingerprint density at radius 1 is 1.82 bits per heavy atom. The maximum Gasteiger partial charge on any atom is 0.306 e. The van der Waals surface area contributed by atoms with Crippen LogP contribution in [-0.2, 0) is 4.79 Å². The Kier molecular flexibility index (Phi) is 2.49. The average Bonchev–Trinajstić information content (AvgIpc) is 2.61. The zero-order valence-electron chi connectivity index (χ0n) is 6.79. The Hall–Kier alpha value is -0.570. The SMILES string of the molecule is CC1CC1C(CCN)C(=O)O. The predicted molar refractivity (Wildman–Crippen MR) is 42.1 cm³/mol. The van der Waals surface area contributed by atoms with E-state index in [-0.39, 0.29) is 5.92 Å². The average molecular weight is 157 g/mol. The molecule has 1 rings (SSSR count). The summed E-state index contributed by atoms with van der Waals surface area (Å²) in [5.41, 5.74) is 5.31. The Bertz CT molecular complexity index is 158. The van der Waals surface area contributed by atoms with Gasteiger partial charge in [-0.15, -0.1) is 0 Å². The van der Waals surface area contributed by atoms with E-state index in [0.29, 0.717) is 24.8 Å². The molecule has 0 aromatic carbocycles. The summed E-state index contributed by atoms with van der Waals surface area (Å²) in [6.07, 6.45) is 1.70. The van der Waals surface area contributed by atoms with E-state index in [9.17, 15) is 4.79 Å². The van der Waals surface area contributed by atoms with Crippen LogP contribution in [0.25, 0.3) is 0 Å². The van der Waals surface area contributed by atoms with Crippen LogP contribution in [-0.4, -0.2) is 17.6 Å². The van der Waals surface area contributed by atoms with Gasteiger partial charge in [0.1, 0.15) is 0 Å². The van der Waals surface area contributed by atoms with Crippen LogP contribution in [0.3, 0.4) is 0 Å². The van der Waals surface area contributed by atoms with Gasteiger partial charge in [-0.1, -0.05) is 6.92 Å². The summed E-state index contributed by atoms with van der Waals surface area (Å²) in [4.78, 5) is 10.7. The van der Waals surface area contributed by atoms with E-state index in [1.54, 1.807) is 0 Å². The van der Waals surface area contributed by atoms with Crippen LogP contribution >= 0.6 is 0 Å². The third-order valence-corrected chi connectivity index (χ3v) is 2.48. The first-order valence-corrected chi connectivity index (χ1v) is 4.09. The van der Waals surface area contributed by atoms with Crippen LogP contribution < -0.4 is 5.73 Å². The van der Waals surface area contributed by atoms with Gasteiger partial charge in [-0.3, -0.25) is 4.79 Å². The van der Waals surface area contributed by atoms with Gasteiger partial charge in [0.05, 0.1) is 5.92 Å². The summed E-state index contributed by atoms with van der Waals surface area (Å²) in [6.45, 7) is 2.58. The number of nitrogens with two attached hydrogens (primary N) is 1. The second kappa shape index (κ2) is 3.22. The minimum Gasteiger partial charge on any atom is -0.481 e. The van der Waals surface area contributed by atoms with E-state index in [0.717, 1.165) is 6.42 Å². The van der Waals surface area contributed by atoms with E-state index in [1.807, 2.05) is 0 Å². The molecule has 3 unspecified atom stereocenters. The van der Waals surface area contributed by atoms with Crippen molar-refractivity contribution in [3.8, 4) is 0 Å². The second-order valence-electron chi connectivity index (χ2n) is 3.40. The van der Waals surface area contributed by atoms with Crippen LogP contribution in [0.4, 0.5) is 0 Å². The third kappa shape index (κ3) is 1.93. The highest BCUT2D eigenvalue weighted by Crippen LogP contribution is 2.44. The molecule has 64 valence electrons. The first kappa shape index (κ1) is 8.53. The second-order valence-corrected chi connectivity index (χ2v) is 3.40. The van der Waals surface area contributed by atoms with Crippen molar-refractivity contribution in [3.05, 3.63) is 0 Å². The Morgan fingerprint density at radius 3 is 2.64 bits per heavy atom. The number of carboxylic acid groups (broad SMARTS) is 1. The molecule has 11 heavy (non-hydrogen) atoms. The first-order chi connectivity index (χ1) is 5.16. The van der Waals surface area contributed by atoms with Crippen LogP contribution in [0.5, 0.6) is 0 Å². The number of hydrogen-bond donors (Lipinski definition) is 2. The highest BCUT2D eigenvalue weighted by atomic mass is 16.4. The fourth-order valence-corrected chi connectivity index (χ4v) is 1.61. The topological polar surface area (TPSA) is 63.3 Å². The number of carboxylic acids is 1. The molecule has 0 radical (unpaired) electrons. The fraction of sp³-hybridized carbons (Fsp3) is 0.875. The molecule has 0 heterocycles. The molecule has 1 aliphatic carbocycles. The molecule has 3 nitrogen and oxygen atoms in total. The third-order valence-electron chi connectivity index (χ3n) is 2.48. The lowest BCUT2D eigenvalue weighted by Gasteiger charge is -2.08. The van der Waals surface area contributed by atoms with Crippen molar-refractivity contribution in [2.45, 2.75) is 19.8 Å². The van der Waals surface area contributed by atoms with Gasteiger partial charge in [0.25, 0.3) is 0 Å². The molecule has 0 amide bonds. The van der Waals surface area contributed by atoms with Crippen molar-refractivity contribution < 1.29 is 9.90 Å². The Balaban J connectivity index is 2.40. The van der Waals surface area contributed by atoms with Crippen molar-refractivity contribution in [3.63, 3.8) is 0 Å². The van der Waals surface area contributed by atoms with Crippen molar-refractivity contribution in [2.24, 2.45) is 23.5 Å². The van der Waals surface area contributed by atoms with E-state index < -0.39 is 5.97 Å². The minimum absolute atomic E-state index is 0.185. The van der Waals surface area contributed by atoms with Gasteiger partial charge in [0.15, 0.2) is 0 Å². The monoisotopic (exact) mass is 157 g/mol. The summed E-state index contributed by atoms with van der Waals surface area (Å²) in [7, 11) is 0. The molecule has 3 heteroatoms. The first-order valence-electron chi connectivity index (χ1n) is 4.09. The van der Waals surface area contributed by atoms with E-state index in [4.69, 9.17) is 10.8 Å². The van der Waals surface area contributed by atoms with Gasteiger partial charge in [0, 0.05) is 0 Å². The van der Waals surface area contributed by atoms with Gasteiger partial charge in [-0.05, 0) is 31.2 Å². The number of hydrogen-bond acceptors (Lipinski definition) is 2. The molecule has 0 spiro atoms. The zero-order valence-corrected chi connectivity index (χ0v) is 6.79. The molecule has 3 atom stereocenters. The highest BCUT2D eigenvalue weighted by Gasteiger charge is 2.42. The maximum absolute atomic E-state index is 10.7. The van der Waals surface area contributed by atoms with Crippen molar-refractivity contribution in [1.82, 2.24) is 0 Å². The molecule has 1 saturated carbocycles. The normalized spacial score (nSPS) is 31.5. The smallest absolute Gasteiger partial charge is 0.306 e. The maximum atomic E-state index is 10.7. The van der Waals surface area contributed by atoms with Gasteiger partial charge in [0.2, 0.25) is 0 Å². The van der Waals surface area contributed by atoms with E-state index in [1.165, 1.54) is 0 Å². The zero-order chi connectivity index (χ0) is 8.43. The van der Waals surface area contributed by atoms with Gasteiger partial charge >= 0.3 is 5.97 Å². The van der Waals surface area contributed by atoms with Crippen molar-refractivity contribution in [2.75, 3.05) is 6.54 Å². The van der Waals surface area contributed by atoms with Crippen LogP contribution in [0.15, 0.2) is 0 Å². The molecule has 1 fully saturated rings. The van der Waals surface area contributed by atoms with E-state index in [2.05, 4.69) is 6.92 Å². The Labute approximate surface area is 66.6 Å². The summed E-state index contributed by atoms with van der Waals surface area (Å²) >= 11 is 0. The largest absolute Gasteiger partial charge is 0.481 e. The molecule has 0 aromatic heterocycles. The van der Waals surface area contributed by atoms with Crippen LogP contribution in [0.2, 0.25) is 0 Å². The molecule has 0 aromatic rings. The van der Waals surface area contributed by atoms with E-state index >= 15 is 0 Å². The summed E-state index contributed by atoms with van der Waals surface area (Å²) in [5, 5.41) is 8.78. The summed E-state index contributed by atoms with van der Waals surface area (Å²) < 4.78 is 0.